The molecule has 38 heavy (non-hydrogen) atoms. The topological polar surface area (TPSA) is 84.8 Å². The molecule has 0 saturated heterocycles. The standard InChI is InChI=1S/C25H21Cl2F3N2O4S2/c1-2-23-31-20-13-17(25(28,29)30)19(27)14-21(20)37(23)16-9-7-15(8-10-16)11-12-36-24(33)32-38(34,35)22-6-4-3-5-18(22)26/h3-10,13-14,37H,2,11-12H2,1H3,(H,32,33). The van der Waals surface area contributed by atoms with Crippen LogP contribution in [0.5, 0.6) is 0 Å². The minimum Gasteiger partial charge on any atom is -0.448 e. The zero-order valence-corrected chi connectivity index (χ0v) is 22.9. The summed E-state index contributed by atoms with van der Waals surface area (Å²) < 4.78 is 71.3. The highest BCUT2D eigenvalue weighted by Gasteiger charge is 2.36. The minimum absolute atomic E-state index is 0.0289. The Hall–Kier alpha value is -2.73. The van der Waals surface area contributed by atoms with E-state index in [-0.39, 0.29) is 27.2 Å². The average Bonchev–Trinajstić information content (AvgIpc) is 3.20. The second-order valence-corrected chi connectivity index (χ2v) is 12.8. The lowest BCUT2D eigenvalue weighted by atomic mass is 10.2. The molecule has 0 bridgehead atoms. The molecule has 6 nitrogen and oxygen atoms in total. The van der Waals surface area contributed by atoms with E-state index >= 15 is 0 Å². The Balaban J connectivity index is 1.41. The van der Waals surface area contributed by atoms with Gasteiger partial charge in [0.05, 0.1) is 32.9 Å². The van der Waals surface area contributed by atoms with Gasteiger partial charge in [0.25, 0.3) is 10.0 Å². The van der Waals surface area contributed by atoms with Gasteiger partial charge >= 0.3 is 12.3 Å². The first kappa shape index (κ1) is 28.3. The van der Waals surface area contributed by atoms with E-state index in [0.717, 1.165) is 21.6 Å². The molecule has 0 fully saturated rings. The van der Waals surface area contributed by atoms with Crippen molar-refractivity contribution in [2.24, 2.45) is 4.99 Å². The number of aliphatic imine (C=N–C) groups is 1. The third-order valence-corrected chi connectivity index (χ3v) is 10.3. The summed E-state index contributed by atoms with van der Waals surface area (Å²) >= 11 is 11.9. The lowest BCUT2D eigenvalue weighted by Crippen LogP contribution is -2.31. The van der Waals surface area contributed by atoms with Gasteiger partial charge < -0.3 is 4.74 Å². The summed E-state index contributed by atoms with van der Waals surface area (Å²) in [6.45, 7) is 1.81. The van der Waals surface area contributed by atoms with Crippen LogP contribution in [-0.4, -0.2) is 26.2 Å². The number of sulfonamides is 1. The molecule has 0 radical (unpaired) electrons. The fourth-order valence-corrected chi connectivity index (χ4v) is 8.01. The van der Waals surface area contributed by atoms with E-state index in [0.29, 0.717) is 17.7 Å². The predicted octanol–water partition coefficient (Wildman–Crippen LogP) is 7.54. The molecule has 0 aromatic heterocycles. The number of thiol groups is 1. The molecule has 1 amide bonds. The van der Waals surface area contributed by atoms with Crippen LogP contribution in [0.4, 0.5) is 23.7 Å². The number of carbonyl (C=O) groups is 1. The first-order valence-corrected chi connectivity index (χ1v) is 14.8. The summed E-state index contributed by atoms with van der Waals surface area (Å²) in [5, 5.41) is 0.400. The largest absolute Gasteiger partial charge is 0.448 e. The molecule has 1 aliphatic rings. The van der Waals surface area contributed by atoms with Crippen molar-refractivity contribution in [1.29, 1.82) is 0 Å². The van der Waals surface area contributed by atoms with Crippen LogP contribution in [0, 0.1) is 0 Å². The quantitative estimate of drug-likeness (QED) is 0.273. The molecule has 3 aromatic rings. The van der Waals surface area contributed by atoms with Crippen LogP contribution in [0.15, 0.2) is 80.3 Å². The molecular formula is C25H21Cl2F3N2O4S2. The van der Waals surface area contributed by atoms with Crippen LogP contribution in [-0.2, 0) is 27.4 Å². The van der Waals surface area contributed by atoms with Crippen LogP contribution in [0.25, 0.3) is 0 Å². The fraction of sp³-hybridized carbons (Fsp3) is 0.200. The Labute approximate surface area is 230 Å². The van der Waals surface area contributed by atoms with E-state index in [1.807, 2.05) is 35.9 Å². The van der Waals surface area contributed by atoms with Crippen molar-refractivity contribution >= 4 is 60.9 Å². The van der Waals surface area contributed by atoms with Crippen LogP contribution in [0.3, 0.4) is 0 Å². The SMILES string of the molecule is CCC1=Nc2cc(C(F)(F)F)c(Cl)cc2[SH]1c1ccc(CCOC(=O)NS(=O)(=O)c2ccccc2Cl)cc1. The summed E-state index contributed by atoms with van der Waals surface area (Å²) in [6.07, 6.45) is -4.82. The Morgan fingerprint density at radius 2 is 1.74 bits per heavy atom. The number of ether oxygens (including phenoxy) is 1. The molecule has 1 N–H and O–H groups in total. The third kappa shape index (κ3) is 6.12. The highest BCUT2D eigenvalue weighted by atomic mass is 35.5. The average molecular weight is 605 g/mol. The van der Waals surface area contributed by atoms with Crippen molar-refractivity contribution in [1.82, 2.24) is 4.72 Å². The van der Waals surface area contributed by atoms with Gasteiger partial charge in [-0.25, -0.2) is 22.9 Å². The summed E-state index contributed by atoms with van der Waals surface area (Å²) in [4.78, 5) is 17.8. The lowest BCUT2D eigenvalue weighted by Gasteiger charge is -2.20. The van der Waals surface area contributed by atoms with Gasteiger partial charge in [-0.3, -0.25) is 0 Å². The maximum atomic E-state index is 13.3. The van der Waals surface area contributed by atoms with Crippen molar-refractivity contribution in [3.8, 4) is 0 Å². The fourth-order valence-electron chi connectivity index (χ4n) is 3.82. The Morgan fingerprint density at radius 1 is 1.05 bits per heavy atom. The molecule has 0 spiro atoms. The number of halogens is 5. The first-order valence-electron chi connectivity index (χ1n) is 11.2. The second kappa shape index (κ2) is 11.2. The van der Waals surface area contributed by atoms with Gasteiger partial charge in [0.1, 0.15) is 4.90 Å². The zero-order chi connectivity index (χ0) is 27.7. The molecular weight excluding hydrogens is 584 g/mol. The van der Waals surface area contributed by atoms with Crippen molar-refractivity contribution < 1.29 is 31.1 Å². The number of carbonyl (C=O) groups excluding carboxylic acids is 1. The zero-order valence-electron chi connectivity index (χ0n) is 19.7. The minimum atomic E-state index is -4.57. The Kier molecular flexibility index (Phi) is 8.32. The van der Waals surface area contributed by atoms with Crippen molar-refractivity contribution in [3.63, 3.8) is 0 Å². The molecule has 1 atom stereocenters. The summed E-state index contributed by atoms with van der Waals surface area (Å²) in [7, 11) is -5.32. The maximum Gasteiger partial charge on any atom is 0.421 e. The third-order valence-electron chi connectivity index (χ3n) is 5.60. The highest BCUT2D eigenvalue weighted by Crippen LogP contribution is 2.57. The van der Waals surface area contributed by atoms with Gasteiger partial charge in [0, 0.05) is 11.3 Å². The molecule has 1 unspecified atom stereocenters. The Bertz CT molecular complexity index is 1510. The van der Waals surface area contributed by atoms with Crippen LogP contribution < -0.4 is 4.72 Å². The van der Waals surface area contributed by atoms with E-state index in [9.17, 15) is 26.4 Å². The van der Waals surface area contributed by atoms with E-state index < -0.39 is 38.8 Å². The van der Waals surface area contributed by atoms with Crippen molar-refractivity contribution in [3.05, 3.63) is 81.8 Å². The summed E-state index contributed by atoms with van der Waals surface area (Å²) in [6, 6.07) is 15.4. The number of fused-ring (bicyclic) bond motifs is 1. The maximum absolute atomic E-state index is 13.3. The Morgan fingerprint density at radius 3 is 2.37 bits per heavy atom. The van der Waals surface area contributed by atoms with E-state index in [1.54, 1.807) is 6.07 Å². The molecule has 202 valence electrons. The highest BCUT2D eigenvalue weighted by molar-refractivity contribution is 8.30. The van der Waals surface area contributed by atoms with Gasteiger partial charge in [0.2, 0.25) is 0 Å². The van der Waals surface area contributed by atoms with Gasteiger partial charge in [0.15, 0.2) is 0 Å². The normalized spacial score (nSPS) is 16.1. The number of nitrogens with zero attached hydrogens (tertiary/aromatic N) is 1. The molecule has 1 aliphatic heterocycles. The monoisotopic (exact) mass is 604 g/mol. The predicted molar refractivity (Wildman–Crippen MR) is 143 cm³/mol. The molecule has 0 aliphatic carbocycles. The second-order valence-electron chi connectivity index (χ2n) is 8.12. The van der Waals surface area contributed by atoms with Crippen LogP contribution >= 0.6 is 34.1 Å². The molecule has 3 aromatic carbocycles. The van der Waals surface area contributed by atoms with Gasteiger partial charge in [-0.15, -0.1) is 0 Å². The van der Waals surface area contributed by atoms with Gasteiger partial charge in [-0.2, -0.15) is 24.1 Å². The van der Waals surface area contributed by atoms with Gasteiger partial charge in [-0.05, 0) is 53.3 Å². The molecule has 13 heteroatoms. The number of alkyl halides is 3. The van der Waals surface area contributed by atoms with Crippen molar-refractivity contribution in [2.75, 3.05) is 6.61 Å². The number of hydrogen-bond donors (Lipinski definition) is 2. The molecule has 4 rings (SSSR count). The number of amides is 1. The molecule has 0 saturated carbocycles. The number of nitrogens with one attached hydrogen (secondary N) is 1. The molecule has 1 heterocycles. The van der Waals surface area contributed by atoms with E-state index in [1.165, 1.54) is 24.3 Å². The van der Waals surface area contributed by atoms with Crippen molar-refractivity contribution in [2.45, 2.75) is 40.6 Å². The number of rotatable bonds is 7. The van der Waals surface area contributed by atoms with E-state index in [2.05, 4.69) is 4.99 Å². The summed E-state index contributed by atoms with van der Waals surface area (Å²) in [5.41, 5.74) is 0.179. The number of hydrogen-bond acceptors (Lipinski definition) is 5. The van der Waals surface area contributed by atoms with Gasteiger partial charge in [-0.1, -0.05) is 54.4 Å². The smallest absolute Gasteiger partial charge is 0.421 e. The first-order chi connectivity index (χ1) is 17.9. The van der Waals surface area contributed by atoms with Crippen LogP contribution in [0.1, 0.15) is 24.5 Å². The lowest BCUT2D eigenvalue weighted by molar-refractivity contribution is -0.137. The number of benzene rings is 3. The van der Waals surface area contributed by atoms with E-state index in [4.69, 9.17) is 27.9 Å². The van der Waals surface area contributed by atoms with Crippen LogP contribution in [0.2, 0.25) is 10.0 Å². The summed E-state index contributed by atoms with van der Waals surface area (Å²) in [5.74, 6) is 0.